The number of benzene rings is 1. The van der Waals surface area contributed by atoms with Crippen molar-refractivity contribution < 1.29 is 9.53 Å². The van der Waals surface area contributed by atoms with Crippen molar-refractivity contribution in [2.24, 2.45) is 0 Å². The molecule has 1 aliphatic heterocycles. The minimum Gasteiger partial charge on any atom is -0.437 e. The van der Waals surface area contributed by atoms with E-state index in [1.807, 2.05) is 24.3 Å². The second-order valence-corrected chi connectivity index (χ2v) is 5.73. The molecule has 0 saturated carbocycles. The minimum absolute atomic E-state index is 0.0738. The molecule has 0 spiro atoms. The van der Waals surface area contributed by atoms with Crippen LogP contribution in [0.3, 0.4) is 0 Å². The Morgan fingerprint density at radius 1 is 1.48 bits per heavy atom. The molecule has 104 valence electrons. The maximum Gasteiger partial charge on any atom is 0.238 e. The maximum atomic E-state index is 11.4. The molecule has 1 aromatic heterocycles. The monoisotopic (exact) mass is 296 g/mol. The van der Waals surface area contributed by atoms with Crippen LogP contribution in [0.2, 0.25) is 0 Å². The Hall–Kier alpha value is -2.45. The number of hydrogen-bond donors (Lipinski definition) is 0. The Bertz CT molecular complexity index is 903. The number of carbonyl (C=O) groups is 1. The predicted octanol–water partition coefficient (Wildman–Crippen LogP) is 1.90. The van der Waals surface area contributed by atoms with Crippen LogP contribution in [-0.2, 0) is 11.2 Å². The molecule has 0 N–H and O–H groups in total. The van der Waals surface area contributed by atoms with Gasteiger partial charge in [-0.25, -0.2) is 0 Å². The number of thiazole rings is 1. The first-order valence-electron chi connectivity index (χ1n) is 6.57. The van der Waals surface area contributed by atoms with Crippen LogP contribution in [0.5, 0.6) is 11.6 Å². The summed E-state index contributed by atoms with van der Waals surface area (Å²) in [5, 5.41) is 9.06. The highest BCUT2D eigenvalue weighted by molar-refractivity contribution is 7.08. The molecule has 0 unspecified atom stereocenters. The molecule has 0 saturated heterocycles. The van der Waals surface area contributed by atoms with E-state index in [0.29, 0.717) is 10.5 Å². The van der Waals surface area contributed by atoms with Crippen LogP contribution in [0.25, 0.3) is 11.6 Å². The number of Topliss-reactive ketones (excluding diaryl/α,β-unsaturated/α-hetero) is 1. The highest BCUT2D eigenvalue weighted by Crippen LogP contribution is 2.28. The fraction of sp³-hybridized carbons (Fsp3) is 0.188. The van der Waals surface area contributed by atoms with Gasteiger partial charge in [-0.05, 0) is 31.1 Å². The van der Waals surface area contributed by atoms with E-state index in [0.717, 1.165) is 22.3 Å². The van der Waals surface area contributed by atoms with Crippen LogP contribution >= 0.6 is 11.3 Å². The Morgan fingerprint density at radius 2 is 2.29 bits per heavy atom. The molecule has 0 radical (unpaired) electrons. The van der Waals surface area contributed by atoms with Crippen LogP contribution in [0.15, 0.2) is 18.2 Å². The summed E-state index contributed by atoms with van der Waals surface area (Å²) in [4.78, 5) is 15.7. The predicted molar refractivity (Wildman–Crippen MR) is 80.5 cm³/mol. The van der Waals surface area contributed by atoms with Gasteiger partial charge in [-0.3, -0.25) is 4.79 Å². The number of fused-ring (bicyclic) bond motifs is 2. The van der Waals surface area contributed by atoms with Crippen LogP contribution in [0.1, 0.15) is 25.0 Å². The van der Waals surface area contributed by atoms with E-state index >= 15 is 0 Å². The first kappa shape index (κ1) is 13.5. The van der Waals surface area contributed by atoms with E-state index in [9.17, 15) is 4.79 Å². The molecule has 0 bridgehead atoms. The topological polar surface area (TPSA) is 63.0 Å². The van der Waals surface area contributed by atoms with Crippen molar-refractivity contribution in [3.05, 3.63) is 38.5 Å². The number of hydrogen-bond acceptors (Lipinski definition) is 5. The molecule has 21 heavy (non-hydrogen) atoms. The van der Waals surface area contributed by atoms with Gasteiger partial charge in [-0.15, -0.1) is 11.3 Å². The number of ketones is 1. The first-order chi connectivity index (χ1) is 10.1. The lowest BCUT2D eigenvalue weighted by Gasteiger charge is -2.11. The van der Waals surface area contributed by atoms with Gasteiger partial charge in [-0.2, -0.15) is 10.2 Å². The molecule has 0 amide bonds. The van der Waals surface area contributed by atoms with Gasteiger partial charge in [0.2, 0.25) is 5.88 Å². The van der Waals surface area contributed by atoms with Gasteiger partial charge in [0.1, 0.15) is 22.1 Å². The molecular formula is C16H12N2O2S. The summed E-state index contributed by atoms with van der Waals surface area (Å²) in [6, 6.07) is 7.98. The molecule has 0 aliphatic carbocycles. The van der Waals surface area contributed by atoms with Crippen LogP contribution in [0, 0.1) is 11.3 Å². The Morgan fingerprint density at radius 3 is 2.95 bits per heavy atom. The standard InChI is InChI=1S/C16H12N2O2S/c1-3-10-4-5-11-7-14-15(20-13(11)6-10)18-16(21-14)12(8-17)9(2)19/h4-7H,3H2,1-2H3. The van der Waals surface area contributed by atoms with E-state index < -0.39 is 0 Å². The number of nitrogens with zero attached hydrogens (tertiary/aromatic N) is 2. The second-order valence-electron chi connectivity index (χ2n) is 4.70. The molecule has 0 fully saturated rings. The number of ether oxygens (including phenoxy) is 1. The summed E-state index contributed by atoms with van der Waals surface area (Å²) >= 11 is 1.30. The molecule has 2 aromatic rings. The van der Waals surface area contributed by atoms with E-state index in [1.165, 1.54) is 23.8 Å². The van der Waals surface area contributed by atoms with Crippen LogP contribution in [-0.4, -0.2) is 10.8 Å². The summed E-state index contributed by atoms with van der Waals surface area (Å²) in [6.45, 7) is 3.45. The van der Waals surface area contributed by atoms with Crippen LogP contribution in [0.4, 0.5) is 0 Å². The van der Waals surface area contributed by atoms with Crippen molar-refractivity contribution in [3.63, 3.8) is 0 Å². The third-order valence-electron chi connectivity index (χ3n) is 3.28. The quantitative estimate of drug-likeness (QED) is 0.724. The molecule has 1 aliphatic rings. The Kier molecular flexibility index (Phi) is 3.32. The van der Waals surface area contributed by atoms with Gasteiger partial charge >= 0.3 is 0 Å². The molecule has 1 aromatic carbocycles. The zero-order valence-electron chi connectivity index (χ0n) is 11.6. The second kappa shape index (κ2) is 5.15. The van der Waals surface area contributed by atoms with Gasteiger partial charge in [0.15, 0.2) is 5.78 Å². The summed E-state index contributed by atoms with van der Waals surface area (Å²) in [7, 11) is 0. The fourth-order valence-electron chi connectivity index (χ4n) is 2.12. The molecule has 3 rings (SSSR count). The van der Waals surface area contributed by atoms with E-state index in [1.54, 1.807) is 0 Å². The third-order valence-corrected chi connectivity index (χ3v) is 4.28. The van der Waals surface area contributed by atoms with E-state index in [-0.39, 0.29) is 11.4 Å². The SMILES string of the molecule is CCc1ccc2c(c1)Oc1nc(=C(C#N)C(C)=O)sc1=C2. The van der Waals surface area contributed by atoms with E-state index in [2.05, 4.69) is 18.0 Å². The zero-order valence-corrected chi connectivity index (χ0v) is 12.5. The highest BCUT2D eigenvalue weighted by Gasteiger charge is 2.16. The lowest BCUT2D eigenvalue weighted by molar-refractivity contribution is -0.111. The maximum absolute atomic E-state index is 11.4. The lowest BCUT2D eigenvalue weighted by Crippen LogP contribution is -2.09. The average Bonchev–Trinajstić information content (AvgIpc) is 2.86. The summed E-state index contributed by atoms with van der Waals surface area (Å²) in [5.41, 5.74) is 2.25. The van der Waals surface area contributed by atoms with Gasteiger partial charge in [0.05, 0.1) is 4.53 Å². The number of aryl methyl sites for hydroxylation is 1. The molecule has 0 atom stereocenters. The minimum atomic E-state index is -0.283. The number of rotatable bonds is 2. The largest absolute Gasteiger partial charge is 0.437 e. The van der Waals surface area contributed by atoms with Crippen molar-refractivity contribution in [3.8, 4) is 17.7 Å². The van der Waals surface area contributed by atoms with Crippen molar-refractivity contribution in [1.29, 1.82) is 5.26 Å². The van der Waals surface area contributed by atoms with Gasteiger partial charge in [0, 0.05) is 5.56 Å². The summed E-state index contributed by atoms with van der Waals surface area (Å²) < 4.78 is 7.05. The zero-order chi connectivity index (χ0) is 15.0. The summed E-state index contributed by atoms with van der Waals surface area (Å²) in [5.74, 6) is 0.944. The average molecular weight is 296 g/mol. The molecule has 4 nitrogen and oxygen atoms in total. The van der Waals surface area contributed by atoms with Crippen molar-refractivity contribution in [1.82, 2.24) is 4.98 Å². The van der Waals surface area contributed by atoms with Crippen LogP contribution < -0.4 is 13.9 Å². The smallest absolute Gasteiger partial charge is 0.238 e. The number of aromatic nitrogens is 1. The van der Waals surface area contributed by atoms with Gasteiger partial charge in [-0.1, -0.05) is 19.1 Å². The number of carbonyl (C=O) groups excluding carboxylic acids is 1. The summed E-state index contributed by atoms with van der Waals surface area (Å²) in [6.07, 6.45) is 2.91. The number of nitriles is 1. The Balaban J connectivity index is 2.18. The van der Waals surface area contributed by atoms with Gasteiger partial charge < -0.3 is 4.74 Å². The third kappa shape index (κ3) is 2.34. The van der Waals surface area contributed by atoms with Gasteiger partial charge in [0.25, 0.3) is 0 Å². The van der Waals surface area contributed by atoms with Crippen molar-refractivity contribution in [2.75, 3.05) is 0 Å². The molecule has 2 heterocycles. The molecular weight excluding hydrogens is 284 g/mol. The normalized spacial score (nSPS) is 13.2. The fourth-order valence-corrected chi connectivity index (χ4v) is 3.11. The highest BCUT2D eigenvalue weighted by atomic mass is 32.1. The van der Waals surface area contributed by atoms with E-state index in [4.69, 9.17) is 10.00 Å². The lowest BCUT2D eigenvalue weighted by atomic mass is 10.1. The molecule has 5 heteroatoms. The van der Waals surface area contributed by atoms with Crippen molar-refractivity contribution >= 4 is 28.8 Å². The first-order valence-corrected chi connectivity index (χ1v) is 7.38. The van der Waals surface area contributed by atoms with Crippen molar-refractivity contribution in [2.45, 2.75) is 20.3 Å². The Labute approximate surface area is 125 Å².